The number of fused-ring (bicyclic) bond motifs is 6. The summed E-state index contributed by atoms with van der Waals surface area (Å²) in [6.45, 7) is 0. The number of hydrogen-bond donors (Lipinski definition) is 0. The molecule has 0 fully saturated rings. The molecule has 4 aromatic heterocycles. The van der Waals surface area contributed by atoms with Gasteiger partial charge in [0.25, 0.3) is 0 Å². The Morgan fingerprint density at radius 1 is 0.500 bits per heavy atom. The van der Waals surface area contributed by atoms with Crippen molar-refractivity contribution < 1.29 is 9.13 Å². The molecular formula is C28H16Br2O2P2S4. The van der Waals surface area contributed by atoms with E-state index in [1.54, 1.807) is 45.3 Å². The Balaban J connectivity index is 0.000000127. The maximum absolute atomic E-state index is 13.7. The van der Waals surface area contributed by atoms with Crippen LogP contribution in [-0.4, -0.2) is 0 Å². The third kappa shape index (κ3) is 3.73. The minimum atomic E-state index is -2.64. The number of halogens is 2. The molecule has 0 saturated heterocycles. The number of benzene rings is 2. The first kappa shape index (κ1) is 25.6. The Labute approximate surface area is 253 Å². The lowest BCUT2D eigenvalue weighted by Gasteiger charge is -2.13. The molecule has 2 aliphatic heterocycles. The fraction of sp³-hybridized carbons (Fsp3) is 0. The molecule has 0 spiro atoms. The predicted octanol–water partition coefficient (Wildman–Crippen LogP) is 8.38. The second-order valence-corrected chi connectivity index (χ2v) is 20.8. The molecule has 0 bridgehead atoms. The first-order valence-corrected chi connectivity index (χ1v) is 19.9. The zero-order chi connectivity index (χ0) is 26.1. The largest absolute Gasteiger partial charge is 0.309 e. The maximum atomic E-state index is 13.7. The van der Waals surface area contributed by atoms with Crippen LogP contribution in [0.25, 0.3) is 19.5 Å². The lowest BCUT2D eigenvalue weighted by atomic mass is 10.4. The minimum absolute atomic E-state index is 0.929. The van der Waals surface area contributed by atoms with Gasteiger partial charge in [-0.1, -0.05) is 60.7 Å². The summed E-state index contributed by atoms with van der Waals surface area (Å²) in [4.78, 5) is 4.70. The molecule has 0 unspecified atom stereocenters. The van der Waals surface area contributed by atoms with Crippen molar-refractivity contribution >= 4 is 123 Å². The molecule has 2 nitrogen and oxygen atoms in total. The topological polar surface area (TPSA) is 34.1 Å². The van der Waals surface area contributed by atoms with E-state index in [1.165, 1.54) is 19.5 Å². The van der Waals surface area contributed by atoms with Gasteiger partial charge >= 0.3 is 0 Å². The fourth-order valence-corrected chi connectivity index (χ4v) is 18.7. The van der Waals surface area contributed by atoms with Crippen molar-refractivity contribution in [3.63, 3.8) is 0 Å². The molecule has 10 heteroatoms. The van der Waals surface area contributed by atoms with E-state index in [4.69, 9.17) is 0 Å². The molecule has 8 rings (SSSR count). The van der Waals surface area contributed by atoms with Crippen molar-refractivity contribution in [3.05, 3.63) is 103 Å². The lowest BCUT2D eigenvalue weighted by molar-refractivity contribution is 0.592. The molecular weight excluding hydrogens is 718 g/mol. The van der Waals surface area contributed by atoms with Crippen LogP contribution in [0.3, 0.4) is 0 Å². The van der Waals surface area contributed by atoms with Gasteiger partial charge in [-0.15, -0.1) is 45.3 Å². The van der Waals surface area contributed by atoms with Crippen LogP contribution in [-0.2, 0) is 9.13 Å². The summed E-state index contributed by atoms with van der Waals surface area (Å²) in [5.41, 5.74) is 0. The second kappa shape index (κ2) is 9.64. The smallest absolute Gasteiger partial charge is 0.174 e. The highest BCUT2D eigenvalue weighted by Gasteiger charge is 2.43. The SMILES string of the molecule is O=[P@@]1(c2ccccc2)c2ccsc2-c2sc(Br)cc21.O=[P@]1(c2ccccc2)c2ccsc2-c2sc(Br)cc21. The Hall–Kier alpha value is -1.34. The summed E-state index contributed by atoms with van der Waals surface area (Å²) < 4.78 is 29.6. The van der Waals surface area contributed by atoms with E-state index in [2.05, 4.69) is 31.9 Å². The molecule has 0 N–H and O–H groups in total. The number of rotatable bonds is 2. The third-order valence-corrected chi connectivity index (χ3v) is 18.9. The molecule has 0 saturated carbocycles. The molecule has 38 heavy (non-hydrogen) atoms. The average molecular weight is 734 g/mol. The third-order valence-electron chi connectivity index (χ3n) is 6.66. The normalized spacial score (nSPS) is 20.3. The second-order valence-electron chi connectivity index (χ2n) is 8.69. The van der Waals surface area contributed by atoms with Crippen molar-refractivity contribution in [2.75, 3.05) is 0 Å². The van der Waals surface area contributed by atoms with Gasteiger partial charge in [-0.2, -0.15) is 0 Å². The van der Waals surface area contributed by atoms with E-state index in [0.717, 1.165) is 39.4 Å². The van der Waals surface area contributed by atoms with Gasteiger partial charge < -0.3 is 9.13 Å². The highest BCUT2D eigenvalue weighted by molar-refractivity contribution is 9.11. The Kier molecular flexibility index (Phi) is 6.50. The number of thiophene rings is 4. The molecule has 6 aromatic rings. The summed E-state index contributed by atoms with van der Waals surface area (Å²) in [5.74, 6) is 0. The molecule has 0 radical (unpaired) electrons. The van der Waals surface area contributed by atoms with E-state index in [-0.39, 0.29) is 0 Å². The molecule has 188 valence electrons. The average Bonchev–Trinajstić information content (AvgIpc) is 3.76. The van der Waals surface area contributed by atoms with E-state index in [1.807, 2.05) is 95.7 Å². The van der Waals surface area contributed by atoms with E-state index in [0.29, 0.717) is 0 Å². The van der Waals surface area contributed by atoms with Crippen LogP contribution >= 0.6 is 91.5 Å². The van der Waals surface area contributed by atoms with Gasteiger partial charge in [0.15, 0.2) is 14.3 Å². The van der Waals surface area contributed by atoms with Crippen molar-refractivity contribution in [1.29, 1.82) is 0 Å². The van der Waals surface area contributed by atoms with Crippen LogP contribution in [0, 0.1) is 0 Å². The van der Waals surface area contributed by atoms with Gasteiger partial charge in [0.2, 0.25) is 0 Å². The quantitative estimate of drug-likeness (QED) is 0.167. The first-order valence-electron chi connectivity index (χ1n) is 11.5. The van der Waals surface area contributed by atoms with E-state index < -0.39 is 14.3 Å². The summed E-state index contributed by atoms with van der Waals surface area (Å²) in [6, 6.07) is 27.8. The van der Waals surface area contributed by atoms with Gasteiger partial charge in [0.1, 0.15) is 0 Å². The van der Waals surface area contributed by atoms with Crippen LogP contribution in [0.4, 0.5) is 0 Å². The first-order chi connectivity index (χ1) is 18.4. The zero-order valence-corrected chi connectivity index (χ0v) is 27.6. The predicted molar refractivity (Wildman–Crippen MR) is 177 cm³/mol. The van der Waals surface area contributed by atoms with Crippen LogP contribution in [0.5, 0.6) is 0 Å². The van der Waals surface area contributed by atoms with Crippen molar-refractivity contribution in [2.24, 2.45) is 0 Å². The van der Waals surface area contributed by atoms with Gasteiger partial charge in [-0.3, -0.25) is 0 Å². The minimum Gasteiger partial charge on any atom is -0.309 e. The van der Waals surface area contributed by atoms with Crippen molar-refractivity contribution in [1.82, 2.24) is 0 Å². The van der Waals surface area contributed by atoms with Gasteiger partial charge in [0.05, 0.1) is 27.1 Å². The summed E-state index contributed by atoms with van der Waals surface area (Å²) >= 11 is 13.8. The van der Waals surface area contributed by atoms with Crippen LogP contribution in [0.15, 0.2) is 103 Å². The summed E-state index contributed by atoms with van der Waals surface area (Å²) in [7, 11) is -5.29. The highest BCUT2D eigenvalue weighted by Crippen LogP contribution is 2.57. The zero-order valence-electron chi connectivity index (χ0n) is 19.3. The van der Waals surface area contributed by atoms with Crippen LogP contribution < -0.4 is 31.8 Å². The lowest BCUT2D eigenvalue weighted by Crippen LogP contribution is -2.19. The van der Waals surface area contributed by atoms with Crippen molar-refractivity contribution in [3.8, 4) is 19.5 Å². The van der Waals surface area contributed by atoms with Gasteiger partial charge in [-0.05, 0) is 66.9 Å². The molecule has 2 aliphatic rings. The molecule has 2 atom stereocenters. The molecule has 2 aromatic carbocycles. The molecule has 0 aliphatic carbocycles. The van der Waals surface area contributed by atoms with Crippen LogP contribution in [0.2, 0.25) is 0 Å². The maximum Gasteiger partial charge on any atom is 0.174 e. The van der Waals surface area contributed by atoms with E-state index in [9.17, 15) is 9.13 Å². The van der Waals surface area contributed by atoms with Gasteiger partial charge in [0, 0.05) is 31.8 Å². The standard InChI is InChI=1S/2C14H8BrOPS2/c2*15-12-8-11-14(19-12)13-10(6-7-18-13)17(11,16)9-4-2-1-3-5-9/h2*1-8H/t2*17-/m10/s1. The van der Waals surface area contributed by atoms with E-state index >= 15 is 0 Å². The molecule has 0 amide bonds. The Bertz CT molecular complexity index is 1780. The molecule has 6 heterocycles. The Morgan fingerprint density at radius 2 is 0.895 bits per heavy atom. The van der Waals surface area contributed by atoms with Crippen molar-refractivity contribution in [2.45, 2.75) is 0 Å². The van der Waals surface area contributed by atoms with Gasteiger partial charge in [-0.25, -0.2) is 0 Å². The summed E-state index contributed by atoms with van der Waals surface area (Å²) in [6.07, 6.45) is 0. The monoisotopic (exact) mass is 732 g/mol. The summed E-state index contributed by atoms with van der Waals surface area (Å²) in [5, 5.41) is 9.95. The van der Waals surface area contributed by atoms with Crippen LogP contribution in [0.1, 0.15) is 0 Å². The fourth-order valence-electron chi connectivity index (χ4n) is 5.03. The highest BCUT2D eigenvalue weighted by atomic mass is 79.9. The Morgan fingerprint density at radius 3 is 1.29 bits per heavy atom. The number of hydrogen-bond acceptors (Lipinski definition) is 6.